The lowest BCUT2D eigenvalue weighted by molar-refractivity contribution is -0.118. The number of nitrogens with zero attached hydrogens (tertiary/aromatic N) is 2. The highest BCUT2D eigenvalue weighted by Crippen LogP contribution is 2.24. The number of nitrogens with one attached hydrogen (secondary N) is 1. The van der Waals surface area contributed by atoms with Crippen LogP contribution in [0.15, 0.2) is 36.4 Å². The molecule has 1 heterocycles. The number of hydrogen-bond acceptors (Lipinski definition) is 4. The third-order valence-corrected chi connectivity index (χ3v) is 5.11. The zero-order chi connectivity index (χ0) is 19.4. The molecule has 5 heteroatoms. The van der Waals surface area contributed by atoms with Crippen LogP contribution >= 0.6 is 0 Å². The standard InChI is InChI=1S/C22H29N3O2/c1-16-6-5-7-17(2)22(16)27-15-21(26)23-20-9-8-19(14-18(20)3)25-12-10-24(4)11-13-25/h5-9,14H,10-13,15H2,1-4H3,(H,23,26). The fourth-order valence-electron chi connectivity index (χ4n) is 3.40. The van der Waals surface area contributed by atoms with Crippen LogP contribution in [-0.2, 0) is 4.79 Å². The van der Waals surface area contributed by atoms with Crippen LogP contribution in [-0.4, -0.2) is 50.6 Å². The van der Waals surface area contributed by atoms with Gasteiger partial charge < -0.3 is 19.9 Å². The highest BCUT2D eigenvalue weighted by atomic mass is 16.5. The maximum atomic E-state index is 12.3. The average Bonchev–Trinajstić information content (AvgIpc) is 2.63. The molecule has 0 aliphatic carbocycles. The number of benzene rings is 2. The lowest BCUT2D eigenvalue weighted by atomic mass is 10.1. The van der Waals surface area contributed by atoms with Crippen LogP contribution in [0.25, 0.3) is 0 Å². The summed E-state index contributed by atoms with van der Waals surface area (Å²) in [6.07, 6.45) is 0. The van der Waals surface area contributed by atoms with E-state index in [-0.39, 0.29) is 12.5 Å². The van der Waals surface area contributed by atoms with Crippen molar-refractivity contribution >= 4 is 17.3 Å². The van der Waals surface area contributed by atoms with E-state index in [4.69, 9.17) is 4.74 Å². The Morgan fingerprint density at radius 2 is 1.67 bits per heavy atom. The molecule has 0 radical (unpaired) electrons. The second kappa shape index (κ2) is 8.44. The van der Waals surface area contributed by atoms with Crippen LogP contribution in [0.5, 0.6) is 5.75 Å². The van der Waals surface area contributed by atoms with Gasteiger partial charge >= 0.3 is 0 Å². The van der Waals surface area contributed by atoms with Crippen LogP contribution < -0.4 is 15.0 Å². The zero-order valence-corrected chi connectivity index (χ0v) is 16.7. The van der Waals surface area contributed by atoms with E-state index in [2.05, 4.69) is 34.3 Å². The van der Waals surface area contributed by atoms with Crippen molar-refractivity contribution in [3.05, 3.63) is 53.1 Å². The van der Waals surface area contributed by atoms with Crippen molar-refractivity contribution in [3.8, 4) is 5.75 Å². The molecule has 1 saturated heterocycles. The van der Waals surface area contributed by atoms with Gasteiger partial charge in [0.15, 0.2) is 6.61 Å². The number of carbonyl (C=O) groups excluding carboxylic acids is 1. The Kier molecular flexibility index (Phi) is 6.01. The van der Waals surface area contributed by atoms with E-state index in [1.807, 2.05) is 45.0 Å². The van der Waals surface area contributed by atoms with Gasteiger partial charge in [0.05, 0.1) is 0 Å². The van der Waals surface area contributed by atoms with Gasteiger partial charge in [-0.15, -0.1) is 0 Å². The molecule has 3 rings (SSSR count). The van der Waals surface area contributed by atoms with Crippen LogP contribution in [0.3, 0.4) is 0 Å². The molecule has 5 nitrogen and oxygen atoms in total. The molecule has 1 aliphatic rings. The van der Waals surface area contributed by atoms with Gasteiger partial charge in [-0.05, 0) is 62.7 Å². The number of rotatable bonds is 5. The summed E-state index contributed by atoms with van der Waals surface area (Å²) < 4.78 is 5.75. The van der Waals surface area contributed by atoms with Crippen LogP contribution in [0.2, 0.25) is 0 Å². The van der Waals surface area contributed by atoms with E-state index < -0.39 is 0 Å². The minimum atomic E-state index is -0.145. The van der Waals surface area contributed by atoms with E-state index in [9.17, 15) is 4.79 Å². The zero-order valence-electron chi connectivity index (χ0n) is 16.7. The number of hydrogen-bond donors (Lipinski definition) is 1. The van der Waals surface area contributed by atoms with Crippen LogP contribution in [0.1, 0.15) is 16.7 Å². The molecule has 0 saturated carbocycles. The van der Waals surface area contributed by atoms with Crippen LogP contribution in [0, 0.1) is 20.8 Å². The number of piperazine rings is 1. The first-order valence-corrected chi connectivity index (χ1v) is 9.47. The van der Waals surface area contributed by atoms with Gasteiger partial charge in [0, 0.05) is 37.6 Å². The summed E-state index contributed by atoms with van der Waals surface area (Å²) in [6.45, 7) is 10.2. The highest BCUT2D eigenvalue weighted by molar-refractivity contribution is 5.93. The molecule has 27 heavy (non-hydrogen) atoms. The van der Waals surface area contributed by atoms with Gasteiger partial charge in [0.1, 0.15) is 5.75 Å². The van der Waals surface area contributed by atoms with Crippen molar-refractivity contribution in [3.63, 3.8) is 0 Å². The average molecular weight is 367 g/mol. The Morgan fingerprint density at radius 1 is 1.00 bits per heavy atom. The SMILES string of the molecule is Cc1cc(N2CCN(C)CC2)ccc1NC(=O)COc1c(C)cccc1C. The maximum absolute atomic E-state index is 12.3. The Balaban J connectivity index is 1.59. The number of likely N-dealkylation sites (N-methyl/N-ethyl adjacent to an activating group) is 1. The number of ether oxygens (including phenoxy) is 1. The number of anilines is 2. The van der Waals surface area contributed by atoms with E-state index >= 15 is 0 Å². The first-order chi connectivity index (χ1) is 12.9. The first kappa shape index (κ1) is 19.2. The predicted octanol–water partition coefficient (Wildman–Crippen LogP) is 3.38. The summed E-state index contributed by atoms with van der Waals surface area (Å²) in [5.41, 5.74) is 5.19. The summed E-state index contributed by atoms with van der Waals surface area (Å²) >= 11 is 0. The van der Waals surface area contributed by atoms with Crippen molar-refractivity contribution in [1.29, 1.82) is 0 Å². The molecule has 1 aliphatic heterocycles. The number of aryl methyl sites for hydroxylation is 3. The fourth-order valence-corrected chi connectivity index (χ4v) is 3.40. The van der Waals surface area contributed by atoms with Gasteiger partial charge in [0.2, 0.25) is 0 Å². The Labute approximate surface area is 161 Å². The normalized spacial score (nSPS) is 14.9. The van der Waals surface area contributed by atoms with E-state index in [1.54, 1.807) is 0 Å². The third-order valence-electron chi connectivity index (χ3n) is 5.11. The molecule has 1 amide bonds. The molecule has 0 spiro atoms. The molecule has 0 unspecified atom stereocenters. The topological polar surface area (TPSA) is 44.8 Å². The van der Waals surface area contributed by atoms with E-state index in [1.165, 1.54) is 5.69 Å². The molecular weight excluding hydrogens is 338 g/mol. The fraction of sp³-hybridized carbons (Fsp3) is 0.409. The molecule has 1 fully saturated rings. The lowest BCUT2D eigenvalue weighted by Gasteiger charge is -2.34. The molecule has 0 aromatic heterocycles. The van der Waals surface area contributed by atoms with Crippen molar-refractivity contribution in [2.45, 2.75) is 20.8 Å². The van der Waals surface area contributed by atoms with E-state index in [0.29, 0.717) is 0 Å². The Morgan fingerprint density at radius 3 is 2.30 bits per heavy atom. The largest absolute Gasteiger partial charge is 0.483 e. The van der Waals surface area contributed by atoms with Gasteiger partial charge in [-0.1, -0.05) is 18.2 Å². The van der Waals surface area contributed by atoms with Crippen molar-refractivity contribution < 1.29 is 9.53 Å². The van der Waals surface area contributed by atoms with Crippen LogP contribution in [0.4, 0.5) is 11.4 Å². The summed E-state index contributed by atoms with van der Waals surface area (Å²) in [5, 5.41) is 2.97. The summed E-state index contributed by atoms with van der Waals surface area (Å²) in [5.74, 6) is 0.642. The summed E-state index contributed by atoms with van der Waals surface area (Å²) in [7, 11) is 2.15. The van der Waals surface area contributed by atoms with Gasteiger partial charge in [-0.3, -0.25) is 4.79 Å². The van der Waals surface area contributed by atoms with Gasteiger partial charge in [0.25, 0.3) is 5.91 Å². The molecule has 2 aromatic rings. The maximum Gasteiger partial charge on any atom is 0.262 e. The molecule has 144 valence electrons. The molecule has 0 bridgehead atoms. The molecular formula is C22H29N3O2. The molecule has 2 aromatic carbocycles. The summed E-state index contributed by atoms with van der Waals surface area (Å²) in [4.78, 5) is 17.1. The minimum Gasteiger partial charge on any atom is -0.483 e. The number of para-hydroxylation sites is 1. The van der Waals surface area contributed by atoms with Crippen molar-refractivity contribution in [2.24, 2.45) is 0 Å². The van der Waals surface area contributed by atoms with E-state index in [0.717, 1.165) is 54.3 Å². The minimum absolute atomic E-state index is 0.00530. The van der Waals surface area contributed by atoms with Crippen molar-refractivity contribution in [2.75, 3.05) is 50.1 Å². The van der Waals surface area contributed by atoms with Gasteiger partial charge in [-0.25, -0.2) is 0 Å². The van der Waals surface area contributed by atoms with Crippen molar-refractivity contribution in [1.82, 2.24) is 4.90 Å². The third kappa shape index (κ3) is 4.80. The highest BCUT2D eigenvalue weighted by Gasteiger charge is 2.15. The number of amides is 1. The quantitative estimate of drug-likeness (QED) is 0.880. The summed E-state index contributed by atoms with van der Waals surface area (Å²) in [6, 6.07) is 12.2. The lowest BCUT2D eigenvalue weighted by Crippen LogP contribution is -2.44. The Hall–Kier alpha value is -2.53. The van der Waals surface area contributed by atoms with Gasteiger partial charge in [-0.2, -0.15) is 0 Å². The number of carbonyl (C=O) groups is 1. The molecule has 0 atom stereocenters. The second-order valence-corrected chi connectivity index (χ2v) is 7.35. The first-order valence-electron chi connectivity index (χ1n) is 9.47. The second-order valence-electron chi connectivity index (χ2n) is 7.35. The molecule has 1 N–H and O–H groups in total. The monoisotopic (exact) mass is 367 g/mol. The Bertz CT molecular complexity index is 791. The predicted molar refractivity (Wildman–Crippen MR) is 111 cm³/mol. The smallest absolute Gasteiger partial charge is 0.262 e.